The SMILES string of the molecule is CC[C@H](C)N(C(=O)CSc1ncnc2ccccc12)[C@@H]1CCS(=O)(=O)C1. The van der Waals surface area contributed by atoms with E-state index in [2.05, 4.69) is 9.97 Å². The summed E-state index contributed by atoms with van der Waals surface area (Å²) in [5.74, 6) is 0.447. The normalized spacial score (nSPS) is 20.2. The molecule has 0 unspecified atom stereocenters. The number of fused-ring (bicyclic) bond motifs is 1. The van der Waals surface area contributed by atoms with E-state index < -0.39 is 9.84 Å². The first-order valence-electron chi connectivity index (χ1n) is 8.75. The lowest BCUT2D eigenvalue weighted by atomic mass is 10.1. The molecule has 1 aliphatic heterocycles. The number of rotatable bonds is 6. The fraction of sp³-hybridized carbons (Fsp3) is 0.500. The molecule has 1 amide bonds. The largest absolute Gasteiger partial charge is 0.335 e. The van der Waals surface area contributed by atoms with Crippen molar-refractivity contribution in [3.05, 3.63) is 30.6 Å². The van der Waals surface area contributed by atoms with Crippen LogP contribution in [0.15, 0.2) is 35.6 Å². The number of carbonyl (C=O) groups excluding carboxylic acids is 1. The molecule has 6 nitrogen and oxygen atoms in total. The maximum Gasteiger partial charge on any atom is 0.233 e. The highest BCUT2D eigenvalue weighted by Crippen LogP contribution is 2.27. The molecule has 0 N–H and O–H groups in total. The van der Waals surface area contributed by atoms with Crippen LogP contribution in [0.3, 0.4) is 0 Å². The molecule has 8 heteroatoms. The Morgan fingerprint density at radius 3 is 2.81 bits per heavy atom. The predicted octanol–water partition coefficient (Wildman–Crippen LogP) is 2.54. The van der Waals surface area contributed by atoms with E-state index in [1.807, 2.05) is 38.1 Å². The molecular formula is C18H23N3O3S2. The Morgan fingerprint density at radius 1 is 1.35 bits per heavy atom. The number of benzene rings is 1. The van der Waals surface area contributed by atoms with E-state index in [1.165, 1.54) is 18.1 Å². The van der Waals surface area contributed by atoms with E-state index >= 15 is 0 Å². The second-order valence-corrected chi connectivity index (χ2v) is 9.79. The zero-order chi connectivity index (χ0) is 18.7. The Bertz CT molecular complexity index is 896. The first-order valence-corrected chi connectivity index (χ1v) is 11.6. The quantitative estimate of drug-likeness (QED) is 0.554. The molecule has 0 saturated carbocycles. The molecule has 1 saturated heterocycles. The zero-order valence-electron chi connectivity index (χ0n) is 15.0. The van der Waals surface area contributed by atoms with Crippen molar-refractivity contribution in [2.24, 2.45) is 0 Å². The van der Waals surface area contributed by atoms with Crippen molar-refractivity contribution in [3.8, 4) is 0 Å². The Balaban J connectivity index is 1.75. The minimum absolute atomic E-state index is 0.0172. The molecule has 2 atom stereocenters. The molecule has 1 aromatic carbocycles. The van der Waals surface area contributed by atoms with E-state index in [0.29, 0.717) is 6.42 Å². The molecule has 2 aromatic rings. The molecule has 140 valence electrons. The molecule has 0 bridgehead atoms. The molecule has 2 heterocycles. The van der Waals surface area contributed by atoms with Gasteiger partial charge in [-0.1, -0.05) is 36.9 Å². The number of thioether (sulfide) groups is 1. The van der Waals surface area contributed by atoms with Crippen molar-refractivity contribution in [2.75, 3.05) is 17.3 Å². The summed E-state index contributed by atoms with van der Waals surface area (Å²) in [6.07, 6.45) is 2.83. The smallest absolute Gasteiger partial charge is 0.233 e. The van der Waals surface area contributed by atoms with Crippen molar-refractivity contribution >= 4 is 38.4 Å². The number of hydrogen-bond donors (Lipinski definition) is 0. The van der Waals surface area contributed by atoms with Gasteiger partial charge in [-0.25, -0.2) is 18.4 Å². The monoisotopic (exact) mass is 393 g/mol. The molecule has 3 rings (SSSR count). The summed E-state index contributed by atoms with van der Waals surface area (Å²) in [6, 6.07) is 7.50. The number of amides is 1. The fourth-order valence-electron chi connectivity index (χ4n) is 3.30. The third kappa shape index (κ3) is 4.17. The molecule has 1 aromatic heterocycles. The molecule has 0 aliphatic carbocycles. The van der Waals surface area contributed by atoms with Gasteiger partial charge in [0.05, 0.1) is 22.8 Å². The second-order valence-electron chi connectivity index (χ2n) is 6.60. The van der Waals surface area contributed by atoms with Crippen LogP contribution in [0.1, 0.15) is 26.7 Å². The highest BCUT2D eigenvalue weighted by Gasteiger charge is 2.36. The van der Waals surface area contributed by atoms with E-state index in [-0.39, 0.29) is 35.2 Å². The van der Waals surface area contributed by atoms with Crippen LogP contribution in [0.4, 0.5) is 0 Å². The number of nitrogens with zero attached hydrogens (tertiary/aromatic N) is 3. The summed E-state index contributed by atoms with van der Waals surface area (Å²) >= 11 is 1.38. The van der Waals surface area contributed by atoms with Gasteiger partial charge in [0.15, 0.2) is 9.84 Å². The van der Waals surface area contributed by atoms with Gasteiger partial charge in [-0.15, -0.1) is 0 Å². The molecule has 1 fully saturated rings. The average molecular weight is 394 g/mol. The van der Waals surface area contributed by atoms with E-state index in [4.69, 9.17) is 0 Å². The van der Waals surface area contributed by atoms with E-state index in [1.54, 1.807) is 4.90 Å². The van der Waals surface area contributed by atoms with Gasteiger partial charge in [0, 0.05) is 17.5 Å². The minimum Gasteiger partial charge on any atom is -0.335 e. The lowest BCUT2D eigenvalue weighted by molar-refractivity contribution is -0.132. The van der Waals surface area contributed by atoms with Crippen LogP contribution in [0, 0.1) is 0 Å². The Kier molecular flexibility index (Phi) is 5.82. The maximum absolute atomic E-state index is 12.9. The van der Waals surface area contributed by atoms with Gasteiger partial charge in [0.25, 0.3) is 0 Å². The van der Waals surface area contributed by atoms with Gasteiger partial charge in [0.2, 0.25) is 5.91 Å². The predicted molar refractivity (Wildman–Crippen MR) is 104 cm³/mol. The Labute approximate surface area is 158 Å². The first-order chi connectivity index (χ1) is 12.4. The second kappa shape index (κ2) is 7.92. The number of sulfone groups is 1. The van der Waals surface area contributed by atoms with Crippen LogP contribution in [-0.2, 0) is 14.6 Å². The number of carbonyl (C=O) groups is 1. The minimum atomic E-state index is -3.03. The topological polar surface area (TPSA) is 80.2 Å². The maximum atomic E-state index is 12.9. The summed E-state index contributed by atoms with van der Waals surface area (Å²) in [5.41, 5.74) is 0.845. The highest BCUT2D eigenvalue weighted by atomic mass is 32.2. The van der Waals surface area contributed by atoms with E-state index in [9.17, 15) is 13.2 Å². The molecule has 0 spiro atoms. The van der Waals surface area contributed by atoms with Crippen LogP contribution in [-0.4, -0.2) is 58.5 Å². The summed E-state index contributed by atoms with van der Waals surface area (Å²) in [4.78, 5) is 23.2. The molecule has 26 heavy (non-hydrogen) atoms. The Morgan fingerprint density at radius 2 is 2.12 bits per heavy atom. The van der Waals surface area contributed by atoms with Gasteiger partial charge in [0.1, 0.15) is 11.4 Å². The van der Waals surface area contributed by atoms with Crippen molar-refractivity contribution in [2.45, 2.75) is 43.8 Å². The van der Waals surface area contributed by atoms with Crippen molar-refractivity contribution in [3.63, 3.8) is 0 Å². The van der Waals surface area contributed by atoms with Crippen LogP contribution < -0.4 is 0 Å². The highest BCUT2D eigenvalue weighted by molar-refractivity contribution is 8.00. The number of para-hydroxylation sites is 1. The standard InChI is InChI=1S/C18H23N3O3S2/c1-3-13(2)21(14-8-9-26(23,24)11-14)17(22)10-25-18-15-6-4-5-7-16(15)19-12-20-18/h4-7,12-14H,3,8-11H2,1-2H3/t13-,14+/m0/s1. The molecule has 1 aliphatic rings. The summed E-state index contributed by atoms with van der Waals surface area (Å²) in [7, 11) is -3.03. The summed E-state index contributed by atoms with van der Waals surface area (Å²) in [5, 5.41) is 1.69. The van der Waals surface area contributed by atoms with Gasteiger partial charge < -0.3 is 4.90 Å². The van der Waals surface area contributed by atoms with Gasteiger partial charge in [-0.05, 0) is 25.8 Å². The summed E-state index contributed by atoms with van der Waals surface area (Å²) in [6.45, 7) is 3.99. The first kappa shape index (κ1) is 19.1. The lowest BCUT2D eigenvalue weighted by Crippen LogP contribution is -2.47. The summed E-state index contributed by atoms with van der Waals surface area (Å²) < 4.78 is 23.7. The van der Waals surface area contributed by atoms with Gasteiger partial charge in [-0.3, -0.25) is 4.79 Å². The van der Waals surface area contributed by atoms with Crippen molar-refractivity contribution in [1.82, 2.24) is 14.9 Å². The van der Waals surface area contributed by atoms with Crippen molar-refractivity contribution in [1.29, 1.82) is 0 Å². The molecular weight excluding hydrogens is 370 g/mol. The zero-order valence-corrected chi connectivity index (χ0v) is 16.6. The van der Waals surface area contributed by atoms with Crippen LogP contribution in [0.25, 0.3) is 10.9 Å². The molecule has 0 radical (unpaired) electrons. The third-order valence-corrected chi connectivity index (χ3v) is 7.53. The third-order valence-electron chi connectivity index (χ3n) is 4.79. The number of hydrogen-bond acceptors (Lipinski definition) is 6. The lowest BCUT2D eigenvalue weighted by Gasteiger charge is -2.33. The van der Waals surface area contributed by atoms with E-state index in [0.717, 1.165) is 22.3 Å². The van der Waals surface area contributed by atoms with Crippen LogP contribution in [0.5, 0.6) is 0 Å². The van der Waals surface area contributed by atoms with Crippen LogP contribution >= 0.6 is 11.8 Å². The Hall–Kier alpha value is -1.67. The fourth-order valence-corrected chi connectivity index (χ4v) is 5.87. The number of aromatic nitrogens is 2. The van der Waals surface area contributed by atoms with Crippen molar-refractivity contribution < 1.29 is 13.2 Å². The van der Waals surface area contributed by atoms with Crippen LogP contribution in [0.2, 0.25) is 0 Å². The average Bonchev–Trinajstić information content (AvgIpc) is 2.99. The van der Waals surface area contributed by atoms with Gasteiger partial charge in [-0.2, -0.15) is 0 Å². The van der Waals surface area contributed by atoms with Gasteiger partial charge >= 0.3 is 0 Å².